The van der Waals surface area contributed by atoms with E-state index in [-0.39, 0.29) is 23.4 Å². The van der Waals surface area contributed by atoms with Crippen LogP contribution < -0.4 is 26.6 Å². The fraction of sp³-hybridized carbons (Fsp3) is 0.400. The lowest BCUT2D eigenvalue weighted by Gasteiger charge is -2.43. The van der Waals surface area contributed by atoms with Crippen LogP contribution in [0.3, 0.4) is 0 Å². The maximum absolute atomic E-state index is 12.9. The second kappa shape index (κ2) is 11.3. The minimum atomic E-state index is -0.570. The number of piperidine rings is 1. The molecular formula is C30H36ClN9O2S. The molecule has 4 aromatic rings. The molecular weight excluding hydrogens is 586 g/mol. The molecule has 5 N–H and O–H groups in total. The summed E-state index contributed by atoms with van der Waals surface area (Å²) in [5.41, 5.74) is 13.6. The van der Waals surface area contributed by atoms with Crippen LogP contribution in [0.4, 0.5) is 28.1 Å². The summed E-state index contributed by atoms with van der Waals surface area (Å²) >= 11 is 7.78. The Morgan fingerprint density at radius 3 is 2.53 bits per heavy atom. The molecule has 2 fully saturated rings. The number of imidazole rings is 1. The molecule has 3 aromatic heterocycles. The third-order valence-corrected chi connectivity index (χ3v) is 9.77. The Kier molecular flexibility index (Phi) is 7.67. The highest BCUT2D eigenvalue weighted by molar-refractivity contribution is 7.99. The minimum Gasteiger partial charge on any atom is -0.444 e. The van der Waals surface area contributed by atoms with Gasteiger partial charge < -0.3 is 31.3 Å². The van der Waals surface area contributed by atoms with Crippen molar-refractivity contribution < 1.29 is 9.53 Å². The Balaban J connectivity index is 1.25. The number of alkyl carbamates (subject to hydrolysis) is 1. The van der Waals surface area contributed by atoms with Crippen molar-refractivity contribution in [2.24, 2.45) is 5.41 Å². The number of benzene rings is 1. The lowest BCUT2D eigenvalue weighted by molar-refractivity contribution is 0.0455. The highest BCUT2D eigenvalue weighted by Gasteiger charge is 2.49. The number of para-hydroxylation sites is 1. The molecule has 0 radical (unpaired) electrons. The molecule has 13 heteroatoms. The molecule has 6 rings (SSSR count). The van der Waals surface area contributed by atoms with Crippen LogP contribution in [0.5, 0.6) is 0 Å². The van der Waals surface area contributed by atoms with Crippen molar-refractivity contribution >= 4 is 58.4 Å². The smallest absolute Gasteiger partial charge is 0.407 e. The summed E-state index contributed by atoms with van der Waals surface area (Å²) in [6.07, 6.45) is 6.59. The number of halogens is 1. The summed E-state index contributed by atoms with van der Waals surface area (Å²) in [6, 6.07) is 12.1. The number of nitrogens with two attached hydrogens (primary N) is 2. The van der Waals surface area contributed by atoms with Crippen LogP contribution in [-0.2, 0) is 4.74 Å². The van der Waals surface area contributed by atoms with E-state index in [4.69, 9.17) is 32.8 Å². The lowest BCUT2D eigenvalue weighted by Crippen LogP contribution is -2.53. The average molecular weight is 622 g/mol. The molecule has 0 bridgehead atoms. The summed E-state index contributed by atoms with van der Waals surface area (Å²) in [5.74, 6) is 1.36. The number of hydrogen-bond donors (Lipinski definition) is 3. The number of aromatic nitrogens is 4. The topological polar surface area (TPSA) is 140 Å². The van der Waals surface area contributed by atoms with E-state index in [9.17, 15) is 4.79 Å². The number of nitrogen functional groups attached to an aromatic ring is 2. The molecule has 1 atom stereocenters. The molecule has 2 saturated heterocycles. The molecule has 2 aliphatic rings. The van der Waals surface area contributed by atoms with E-state index in [1.807, 2.05) is 49.6 Å². The Bertz CT molecular complexity index is 1630. The van der Waals surface area contributed by atoms with Crippen molar-refractivity contribution in [2.45, 2.75) is 55.0 Å². The number of amides is 1. The molecule has 1 amide bonds. The number of nitrogens with zero attached hydrogens (tertiary/aromatic N) is 6. The predicted octanol–water partition coefficient (Wildman–Crippen LogP) is 5.09. The number of carbonyl (C=O) groups is 1. The maximum Gasteiger partial charge on any atom is 0.407 e. The van der Waals surface area contributed by atoms with Crippen molar-refractivity contribution in [1.29, 1.82) is 0 Å². The first-order valence-electron chi connectivity index (χ1n) is 14.3. The van der Waals surface area contributed by atoms with E-state index in [0.29, 0.717) is 27.9 Å². The normalized spacial score (nSPS) is 18.4. The zero-order valence-corrected chi connectivity index (χ0v) is 26.0. The number of anilines is 4. The fourth-order valence-electron chi connectivity index (χ4n) is 6.02. The molecule has 1 spiro atoms. The Labute approximate surface area is 260 Å². The zero-order chi connectivity index (χ0) is 30.4. The predicted molar refractivity (Wildman–Crippen MR) is 171 cm³/mol. The van der Waals surface area contributed by atoms with Crippen LogP contribution in [0.15, 0.2) is 64.8 Å². The molecule has 0 unspecified atom stereocenters. The molecule has 5 heterocycles. The molecule has 2 aliphatic heterocycles. The molecule has 0 saturated carbocycles. The fourth-order valence-corrected chi connectivity index (χ4v) is 7.19. The van der Waals surface area contributed by atoms with Gasteiger partial charge in [-0.15, -0.1) is 0 Å². The lowest BCUT2D eigenvalue weighted by atomic mass is 9.74. The van der Waals surface area contributed by atoms with Gasteiger partial charge >= 0.3 is 6.09 Å². The SMILES string of the molecule is CC(C)(C)OC(=O)N[C@@H]1CN(c2ccccc2)CC12CCN(c1nc(N)c(Sc3ccnc(N)c3Cl)c3nccn13)CC2. The highest BCUT2D eigenvalue weighted by Crippen LogP contribution is 2.44. The van der Waals surface area contributed by atoms with Crippen LogP contribution in [0.25, 0.3) is 5.65 Å². The van der Waals surface area contributed by atoms with Gasteiger partial charge in [0.25, 0.3) is 0 Å². The van der Waals surface area contributed by atoms with Crippen LogP contribution >= 0.6 is 23.4 Å². The van der Waals surface area contributed by atoms with E-state index in [1.54, 1.807) is 18.5 Å². The van der Waals surface area contributed by atoms with Crippen LogP contribution in [0.2, 0.25) is 5.02 Å². The monoisotopic (exact) mass is 621 g/mol. The number of pyridine rings is 1. The first kappa shape index (κ1) is 29.2. The minimum absolute atomic E-state index is 0.0627. The van der Waals surface area contributed by atoms with E-state index >= 15 is 0 Å². The first-order chi connectivity index (χ1) is 20.5. The number of hydrogen-bond acceptors (Lipinski definition) is 10. The molecule has 226 valence electrons. The Hall–Kier alpha value is -3.90. The van der Waals surface area contributed by atoms with E-state index in [1.165, 1.54) is 11.8 Å². The second-order valence-corrected chi connectivity index (χ2v) is 13.6. The zero-order valence-electron chi connectivity index (χ0n) is 24.5. The van der Waals surface area contributed by atoms with Crippen LogP contribution in [0, 0.1) is 5.41 Å². The van der Waals surface area contributed by atoms with Gasteiger partial charge in [0.1, 0.15) is 17.2 Å². The van der Waals surface area contributed by atoms with Gasteiger partial charge in [0, 0.05) is 60.8 Å². The van der Waals surface area contributed by atoms with E-state index < -0.39 is 5.60 Å². The first-order valence-corrected chi connectivity index (χ1v) is 15.5. The summed E-state index contributed by atoms with van der Waals surface area (Å²) in [7, 11) is 0. The third-order valence-electron chi connectivity index (χ3n) is 8.11. The van der Waals surface area contributed by atoms with Crippen molar-refractivity contribution in [3.8, 4) is 0 Å². The van der Waals surface area contributed by atoms with Gasteiger partial charge in [-0.05, 0) is 51.8 Å². The van der Waals surface area contributed by atoms with Crippen LogP contribution in [0.1, 0.15) is 33.6 Å². The van der Waals surface area contributed by atoms with Gasteiger partial charge in [-0.2, -0.15) is 4.98 Å². The van der Waals surface area contributed by atoms with Crippen molar-refractivity contribution in [3.63, 3.8) is 0 Å². The largest absolute Gasteiger partial charge is 0.444 e. The summed E-state index contributed by atoms with van der Waals surface area (Å²) in [4.78, 5) is 32.5. The third kappa shape index (κ3) is 5.85. The van der Waals surface area contributed by atoms with Crippen molar-refractivity contribution in [3.05, 3.63) is 60.0 Å². The molecule has 43 heavy (non-hydrogen) atoms. The number of fused-ring (bicyclic) bond motifs is 1. The molecule has 1 aromatic carbocycles. The van der Waals surface area contributed by atoms with Crippen LogP contribution in [-0.4, -0.2) is 63.3 Å². The summed E-state index contributed by atoms with van der Waals surface area (Å²) < 4.78 is 7.62. The second-order valence-electron chi connectivity index (χ2n) is 12.1. The van der Waals surface area contributed by atoms with E-state index in [2.05, 4.69) is 37.2 Å². The molecule has 0 aliphatic carbocycles. The van der Waals surface area contributed by atoms with Crippen molar-refractivity contribution in [2.75, 3.05) is 47.4 Å². The number of nitrogens with one attached hydrogen (secondary N) is 1. The van der Waals surface area contributed by atoms with Crippen molar-refractivity contribution in [1.82, 2.24) is 24.7 Å². The van der Waals surface area contributed by atoms with Gasteiger partial charge in [-0.25, -0.2) is 14.8 Å². The average Bonchev–Trinajstić information content (AvgIpc) is 3.58. The Morgan fingerprint density at radius 1 is 1.07 bits per heavy atom. The standard InChI is InChI=1S/C30H36ClN9O2S/c1-29(2,3)42-28(41)36-21-17-39(19-7-5-4-6-8-19)18-30(21)10-14-38(15-11-30)27-37-25(33)23(26-35-13-16-40(26)27)43-20-9-12-34-24(32)22(20)31/h4-9,12-13,16,21H,10-11,14-15,17-18,33H2,1-3H3,(H2,32,34)(H,36,41)/t21-/m1/s1. The van der Waals surface area contributed by atoms with Gasteiger partial charge in [0.05, 0.1) is 16.0 Å². The summed E-state index contributed by atoms with van der Waals surface area (Å²) in [5, 5.41) is 3.60. The van der Waals surface area contributed by atoms with Gasteiger partial charge in [-0.1, -0.05) is 41.6 Å². The van der Waals surface area contributed by atoms with Gasteiger partial charge in [-0.3, -0.25) is 4.40 Å². The highest BCUT2D eigenvalue weighted by atomic mass is 35.5. The maximum atomic E-state index is 12.9. The quantitative estimate of drug-likeness (QED) is 0.276. The number of ether oxygens (including phenoxy) is 1. The molecule has 11 nitrogen and oxygen atoms in total. The number of carbonyl (C=O) groups excluding carboxylic acids is 1. The Morgan fingerprint density at radius 2 is 1.81 bits per heavy atom. The van der Waals surface area contributed by atoms with E-state index in [0.717, 1.165) is 49.0 Å². The summed E-state index contributed by atoms with van der Waals surface area (Å²) in [6.45, 7) is 8.69. The number of rotatable bonds is 5. The van der Waals surface area contributed by atoms with Gasteiger partial charge in [0.2, 0.25) is 5.95 Å². The van der Waals surface area contributed by atoms with Gasteiger partial charge in [0.15, 0.2) is 5.65 Å².